The lowest BCUT2D eigenvalue weighted by Gasteiger charge is -2.36. The molecular weight excluding hydrogens is 386 g/mol. The maximum atomic E-state index is 14.9. The van der Waals surface area contributed by atoms with Gasteiger partial charge in [-0.1, -0.05) is 55.7 Å². The molecule has 2 aromatic rings. The van der Waals surface area contributed by atoms with Gasteiger partial charge in [-0.3, -0.25) is 0 Å². The minimum Gasteiger partial charge on any atom is -0.467 e. The van der Waals surface area contributed by atoms with Crippen LogP contribution < -0.4 is 10.3 Å². The van der Waals surface area contributed by atoms with Gasteiger partial charge in [-0.2, -0.15) is 5.10 Å². The van der Waals surface area contributed by atoms with Crippen LogP contribution in [0.2, 0.25) is 0 Å². The van der Waals surface area contributed by atoms with Crippen molar-refractivity contribution in [2.45, 2.75) is 45.6 Å². The van der Waals surface area contributed by atoms with Gasteiger partial charge in [0.15, 0.2) is 5.54 Å². The summed E-state index contributed by atoms with van der Waals surface area (Å²) in [4.78, 5) is 13.0. The number of rotatable bonds is 6. The number of hydrogen-bond donors (Lipinski definition) is 0. The molecule has 0 radical (unpaired) electrons. The van der Waals surface area contributed by atoms with Crippen molar-refractivity contribution in [2.24, 2.45) is 11.0 Å². The number of aryl methyl sites for hydroxylation is 1. The summed E-state index contributed by atoms with van der Waals surface area (Å²) in [6.45, 7) is 5.94. The SMILES string of the molecule is CCCCC1C(c2ccc(C)cc2)=NN(c2ccc(P)cc2F)C1(C)C(=O)OC. The quantitative estimate of drug-likeness (QED) is 0.513. The number of carbonyl (C=O) groups excluding carboxylic acids is 1. The van der Waals surface area contributed by atoms with E-state index in [-0.39, 0.29) is 11.6 Å². The van der Waals surface area contributed by atoms with Crippen LogP contribution in [-0.2, 0) is 9.53 Å². The molecule has 1 heterocycles. The van der Waals surface area contributed by atoms with Gasteiger partial charge in [-0.15, -0.1) is 9.24 Å². The lowest BCUT2D eigenvalue weighted by atomic mass is 9.77. The summed E-state index contributed by atoms with van der Waals surface area (Å²) in [5.74, 6) is -1.05. The second kappa shape index (κ2) is 8.62. The Kier molecular flexibility index (Phi) is 6.38. The number of methoxy groups -OCH3 is 1. The van der Waals surface area contributed by atoms with E-state index in [0.29, 0.717) is 0 Å². The number of carbonyl (C=O) groups is 1. The summed E-state index contributed by atoms with van der Waals surface area (Å²) in [5.41, 5.74) is 2.02. The number of ether oxygens (including phenoxy) is 1. The third kappa shape index (κ3) is 3.93. The van der Waals surface area contributed by atoms with Crippen molar-refractivity contribution >= 4 is 31.9 Å². The Labute approximate surface area is 174 Å². The van der Waals surface area contributed by atoms with E-state index in [0.717, 1.165) is 41.4 Å². The standard InChI is InChI=1S/C23H28FN2O2P/c1-5-6-7-18-21(16-10-8-15(2)9-11-16)25-26(23(18,3)22(27)28-4)20-13-12-17(29)14-19(20)24/h8-14,18H,5-7,29H2,1-4H3. The Morgan fingerprint density at radius 1 is 1.28 bits per heavy atom. The number of unbranched alkanes of at least 4 members (excludes halogenated alkanes) is 1. The molecule has 154 valence electrons. The van der Waals surface area contributed by atoms with Crippen LogP contribution in [0, 0.1) is 18.7 Å². The summed E-state index contributed by atoms with van der Waals surface area (Å²) >= 11 is 0. The van der Waals surface area contributed by atoms with Gasteiger partial charge in [0.25, 0.3) is 0 Å². The van der Waals surface area contributed by atoms with Crippen LogP contribution in [0.15, 0.2) is 47.6 Å². The smallest absolute Gasteiger partial charge is 0.334 e. The molecule has 3 rings (SSSR count). The molecule has 29 heavy (non-hydrogen) atoms. The molecule has 2 aromatic carbocycles. The highest BCUT2D eigenvalue weighted by molar-refractivity contribution is 7.27. The Balaban J connectivity index is 2.19. The molecule has 0 saturated carbocycles. The molecular formula is C23H28FN2O2P. The Morgan fingerprint density at radius 2 is 1.97 bits per heavy atom. The molecule has 0 spiro atoms. The van der Waals surface area contributed by atoms with Gasteiger partial charge in [-0.05, 0) is 43.3 Å². The van der Waals surface area contributed by atoms with Gasteiger partial charge >= 0.3 is 5.97 Å². The van der Waals surface area contributed by atoms with Gasteiger partial charge in [0, 0.05) is 5.92 Å². The zero-order valence-electron chi connectivity index (χ0n) is 17.4. The van der Waals surface area contributed by atoms with Gasteiger partial charge in [0.1, 0.15) is 5.82 Å². The number of esters is 1. The fourth-order valence-corrected chi connectivity index (χ4v) is 4.18. The number of hydrazone groups is 1. The molecule has 0 bridgehead atoms. The minimum atomic E-state index is -1.13. The zero-order valence-corrected chi connectivity index (χ0v) is 18.6. The number of anilines is 1. The topological polar surface area (TPSA) is 41.9 Å². The summed E-state index contributed by atoms with van der Waals surface area (Å²) in [5, 5.41) is 7.06. The average Bonchev–Trinajstić information content (AvgIpc) is 2.99. The highest BCUT2D eigenvalue weighted by Crippen LogP contribution is 2.43. The van der Waals surface area contributed by atoms with E-state index >= 15 is 0 Å². The average molecular weight is 414 g/mol. The normalized spacial score (nSPS) is 21.2. The van der Waals surface area contributed by atoms with Crippen molar-refractivity contribution in [3.63, 3.8) is 0 Å². The molecule has 3 atom stereocenters. The molecule has 4 nitrogen and oxygen atoms in total. The molecule has 0 aliphatic carbocycles. The molecule has 0 saturated heterocycles. The van der Waals surface area contributed by atoms with E-state index in [1.165, 1.54) is 18.2 Å². The monoisotopic (exact) mass is 414 g/mol. The molecule has 0 N–H and O–H groups in total. The molecule has 1 aliphatic heterocycles. The second-order valence-electron chi connectivity index (χ2n) is 7.71. The van der Waals surface area contributed by atoms with Crippen LogP contribution in [-0.4, -0.2) is 24.3 Å². The Hall–Kier alpha value is -2.26. The van der Waals surface area contributed by atoms with Crippen LogP contribution in [0.5, 0.6) is 0 Å². The first-order valence-electron chi connectivity index (χ1n) is 9.92. The fourth-order valence-electron chi connectivity index (χ4n) is 3.94. The highest BCUT2D eigenvalue weighted by Gasteiger charge is 2.55. The summed E-state index contributed by atoms with van der Waals surface area (Å²) in [6.07, 6.45) is 2.68. The first-order valence-corrected chi connectivity index (χ1v) is 10.5. The van der Waals surface area contributed by atoms with Crippen molar-refractivity contribution in [3.05, 3.63) is 59.4 Å². The van der Waals surface area contributed by atoms with Crippen LogP contribution in [0.3, 0.4) is 0 Å². The molecule has 3 unspecified atom stereocenters. The third-order valence-electron chi connectivity index (χ3n) is 5.65. The Bertz CT molecular complexity index is 929. The van der Waals surface area contributed by atoms with E-state index in [1.807, 2.05) is 31.2 Å². The van der Waals surface area contributed by atoms with Crippen LogP contribution in [0.25, 0.3) is 0 Å². The van der Waals surface area contributed by atoms with E-state index in [9.17, 15) is 9.18 Å². The molecule has 0 amide bonds. The van der Waals surface area contributed by atoms with Crippen LogP contribution in [0.4, 0.5) is 10.1 Å². The van der Waals surface area contributed by atoms with Crippen molar-refractivity contribution < 1.29 is 13.9 Å². The van der Waals surface area contributed by atoms with Crippen molar-refractivity contribution in [3.8, 4) is 0 Å². The van der Waals surface area contributed by atoms with Gasteiger partial charge in [0.05, 0.1) is 18.5 Å². The number of halogens is 1. The third-order valence-corrected chi connectivity index (χ3v) is 6.01. The van der Waals surface area contributed by atoms with Crippen molar-refractivity contribution in [1.29, 1.82) is 0 Å². The van der Waals surface area contributed by atoms with E-state index in [1.54, 1.807) is 19.1 Å². The predicted molar refractivity (Wildman–Crippen MR) is 119 cm³/mol. The predicted octanol–water partition coefficient (Wildman–Crippen LogP) is 4.60. The van der Waals surface area contributed by atoms with Gasteiger partial charge in [-0.25, -0.2) is 14.2 Å². The summed E-state index contributed by atoms with van der Waals surface area (Å²) in [7, 11) is 3.85. The lowest BCUT2D eigenvalue weighted by Crippen LogP contribution is -2.54. The van der Waals surface area contributed by atoms with Crippen LogP contribution in [0.1, 0.15) is 44.2 Å². The first-order chi connectivity index (χ1) is 13.8. The maximum absolute atomic E-state index is 14.9. The largest absolute Gasteiger partial charge is 0.467 e. The van der Waals surface area contributed by atoms with Crippen molar-refractivity contribution in [2.75, 3.05) is 12.1 Å². The first kappa shape index (κ1) is 21.4. The zero-order chi connectivity index (χ0) is 21.2. The number of hydrogen-bond acceptors (Lipinski definition) is 4. The lowest BCUT2D eigenvalue weighted by molar-refractivity contribution is -0.147. The summed E-state index contributed by atoms with van der Waals surface area (Å²) in [6, 6.07) is 13.0. The Morgan fingerprint density at radius 3 is 2.55 bits per heavy atom. The van der Waals surface area contributed by atoms with E-state index in [2.05, 4.69) is 16.2 Å². The van der Waals surface area contributed by atoms with Gasteiger partial charge in [0.2, 0.25) is 0 Å². The minimum absolute atomic E-state index is 0.215. The number of nitrogens with zero attached hydrogens (tertiary/aromatic N) is 2. The van der Waals surface area contributed by atoms with E-state index < -0.39 is 17.3 Å². The van der Waals surface area contributed by atoms with Crippen molar-refractivity contribution in [1.82, 2.24) is 0 Å². The van der Waals surface area contributed by atoms with E-state index in [4.69, 9.17) is 9.84 Å². The molecule has 1 aliphatic rings. The number of benzene rings is 2. The van der Waals surface area contributed by atoms with Crippen LogP contribution >= 0.6 is 9.24 Å². The summed E-state index contributed by atoms with van der Waals surface area (Å²) < 4.78 is 20.1. The second-order valence-corrected chi connectivity index (χ2v) is 8.37. The molecule has 6 heteroatoms. The molecule has 0 aromatic heterocycles. The maximum Gasteiger partial charge on any atom is 0.334 e. The highest BCUT2D eigenvalue weighted by atomic mass is 31.0. The fraction of sp³-hybridized carbons (Fsp3) is 0.391. The van der Waals surface area contributed by atoms with Gasteiger partial charge < -0.3 is 4.74 Å². The molecule has 0 fully saturated rings.